The number of nitrogens with zero attached hydrogens (tertiary/aromatic N) is 1. The van der Waals surface area contributed by atoms with Crippen LogP contribution in [0.2, 0.25) is 0 Å². The van der Waals surface area contributed by atoms with E-state index in [4.69, 9.17) is 5.73 Å². The summed E-state index contributed by atoms with van der Waals surface area (Å²) in [7, 11) is 2.10. The lowest BCUT2D eigenvalue weighted by atomic mass is 10.0. The molecule has 2 N–H and O–H groups in total. The summed E-state index contributed by atoms with van der Waals surface area (Å²) in [6, 6.07) is 8.82. The lowest BCUT2D eigenvalue weighted by molar-refractivity contribution is 0.498. The third-order valence-corrected chi connectivity index (χ3v) is 3.38. The van der Waals surface area contributed by atoms with Crippen molar-refractivity contribution >= 4 is 5.69 Å². The highest BCUT2D eigenvalue weighted by molar-refractivity contribution is 5.49. The summed E-state index contributed by atoms with van der Waals surface area (Å²) in [6.07, 6.45) is 1.14. The minimum Gasteiger partial charge on any atom is -0.368 e. The van der Waals surface area contributed by atoms with Gasteiger partial charge in [-0.2, -0.15) is 0 Å². The molecule has 1 aromatic carbocycles. The average molecular weight is 234 g/mol. The largest absolute Gasteiger partial charge is 0.368 e. The molecule has 17 heavy (non-hydrogen) atoms. The molecule has 0 radical (unpaired) electrons. The van der Waals surface area contributed by atoms with Crippen LogP contribution in [0.3, 0.4) is 0 Å². The zero-order valence-electron chi connectivity index (χ0n) is 11.8. The third kappa shape index (κ3) is 3.74. The molecule has 0 atom stereocenters. The van der Waals surface area contributed by atoms with E-state index in [1.54, 1.807) is 0 Å². The molecule has 0 bridgehead atoms. The molecule has 0 saturated carbocycles. The van der Waals surface area contributed by atoms with Gasteiger partial charge >= 0.3 is 0 Å². The summed E-state index contributed by atoms with van der Waals surface area (Å²) in [6.45, 7) is 9.47. The molecule has 0 saturated heterocycles. The molecule has 1 rings (SSSR count). The number of nitrogens with two attached hydrogens (primary N) is 1. The first-order chi connectivity index (χ1) is 7.86. The molecule has 0 aliphatic heterocycles. The Morgan fingerprint density at radius 2 is 1.71 bits per heavy atom. The lowest BCUT2D eigenvalue weighted by Crippen LogP contribution is -2.47. The SMILES string of the molecule is CC(C)Cc1ccc(N(C)C(C)(C)CN)cc1. The number of anilines is 1. The maximum Gasteiger partial charge on any atom is 0.0464 e. The quantitative estimate of drug-likeness (QED) is 0.848. The molecule has 2 heteroatoms. The van der Waals surface area contributed by atoms with Crippen LogP contribution in [0.15, 0.2) is 24.3 Å². The monoisotopic (exact) mass is 234 g/mol. The average Bonchev–Trinajstić information content (AvgIpc) is 2.28. The second-order valence-corrected chi connectivity index (χ2v) is 5.84. The Kier molecular flexibility index (Phi) is 4.58. The third-order valence-electron chi connectivity index (χ3n) is 3.38. The van der Waals surface area contributed by atoms with Gasteiger partial charge in [0, 0.05) is 24.8 Å². The van der Waals surface area contributed by atoms with Crippen molar-refractivity contribution in [3.63, 3.8) is 0 Å². The van der Waals surface area contributed by atoms with Gasteiger partial charge in [0.05, 0.1) is 0 Å². The van der Waals surface area contributed by atoms with Crippen LogP contribution in [0.5, 0.6) is 0 Å². The highest BCUT2D eigenvalue weighted by Crippen LogP contribution is 2.22. The summed E-state index contributed by atoms with van der Waals surface area (Å²) in [5.74, 6) is 0.707. The molecule has 2 nitrogen and oxygen atoms in total. The Bertz CT molecular complexity index is 338. The van der Waals surface area contributed by atoms with Gasteiger partial charge in [-0.15, -0.1) is 0 Å². The van der Waals surface area contributed by atoms with E-state index in [0.717, 1.165) is 6.42 Å². The smallest absolute Gasteiger partial charge is 0.0464 e. The molecular formula is C15H26N2. The Labute approximate surface area is 106 Å². The van der Waals surface area contributed by atoms with Crippen molar-refractivity contribution in [1.82, 2.24) is 0 Å². The van der Waals surface area contributed by atoms with Crippen molar-refractivity contribution < 1.29 is 0 Å². The van der Waals surface area contributed by atoms with Crippen molar-refractivity contribution in [2.24, 2.45) is 11.7 Å². The van der Waals surface area contributed by atoms with E-state index >= 15 is 0 Å². The zero-order chi connectivity index (χ0) is 13.1. The summed E-state index contributed by atoms with van der Waals surface area (Å²) >= 11 is 0. The molecule has 0 spiro atoms. The molecule has 0 aromatic heterocycles. The zero-order valence-corrected chi connectivity index (χ0v) is 11.8. The molecule has 0 heterocycles. The van der Waals surface area contributed by atoms with Crippen LogP contribution < -0.4 is 10.6 Å². The molecule has 0 unspecified atom stereocenters. The molecule has 0 aliphatic carbocycles. The number of hydrogen-bond donors (Lipinski definition) is 1. The Balaban J connectivity index is 2.80. The number of benzene rings is 1. The van der Waals surface area contributed by atoms with Gasteiger partial charge in [-0.3, -0.25) is 0 Å². The van der Waals surface area contributed by atoms with E-state index in [-0.39, 0.29) is 5.54 Å². The molecule has 0 fully saturated rings. The summed E-state index contributed by atoms with van der Waals surface area (Å²) in [5.41, 5.74) is 8.43. The van der Waals surface area contributed by atoms with Crippen LogP contribution in [0.25, 0.3) is 0 Å². The number of hydrogen-bond acceptors (Lipinski definition) is 2. The molecule has 0 amide bonds. The van der Waals surface area contributed by atoms with Gasteiger partial charge in [-0.05, 0) is 43.9 Å². The Morgan fingerprint density at radius 1 is 1.18 bits per heavy atom. The predicted octanol–water partition coefficient (Wildman–Crippen LogP) is 3.06. The van der Waals surface area contributed by atoms with Crippen LogP contribution in [0.1, 0.15) is 33.3 Å². The van der Waals surface area contributed by atoms with Crippen LogP contribution in [-0.2, 0) is 6.42 Å². The van der Waals surface area contributed by atoms with E-state index < -0.39 is 0 Å². The van der Waals surface area contributed by atoms with Gasteiger partial charge in [0.1, 0.15) is 0 Å². The van der Waals surface area contributed by atoms with Crippen molar-refractivity contribution in [3.8, 4) is 0 Å². The summed E-state index contributed by atoms with van der Waals surface area (Å²) < 4.78 is 0. The predicted molar refractivity (Wildman–Crippen MR) is 76.5 cm³/mol. The second-order valence-electron chi connectivity index (χ2n) is 5.84. The summed E-state index contributed by atoms with van der Waals surface area (Å²) in [4.78, 5) is 2.24. The van der Waals surface area contributed by atoms with Gasteiger partial charge in [-0.1, -0.05) is 26.0 Å². The minimum atomic E-state index is -0.000432. The molecule has 0 aliphatic rings. The normalized spacial score (nSPS) is 11.9. The summed E-state index contributed by atoms with van der Waals surface area (Å²) in [5, 5.41) is 0. The van der Waals surface area contributed by atoms with Crippen molar-refractivity contribution in [1.29, 1.82) is 0 Å². The fourth-order valence-electron chi connectivity index (χ4n) is 1.81. The van der Waals surface area contributed by atoms with Gasteiger partial charge in [0.15, 0.2) is 0 Å². The standard InChI is InChI=1S/C15H26N2/c1-12(2)10-13-6-8-14(9-7-13)17(5)15(3,4)11-16/h6-9,12H,10-11,16H2,1-5H3. The van der Waals surface area contributed by atoms with Gasteiger partial charge in [0.25, 0.3) is 0 Å². The lowest BCUT2D eigenvalue weighted by Gasteiger charge is -2.36. The van der Waals surface area contributed by atoms with Crippen LogP contribution >= 0.6 is 0 Å². The van der Waals surface area contributed by atoms with Crippen LogP contribution in [0, 0.1) is 5.92 Å². The van der Waals surface area contributed by atoms with E-state index in [2.05, 4.69) is 63.9 Å². The van der Waals surface area contributed by atoms with Crippen molar-refractivity contribution in [2.45, 2.75) is 39.7 Å². The Hall–Kier alpha value is -1.02. The van der Waals surface area contributed by atoms with E-state index in [0.29, 0.717) is 12.5 Å². The first-order valence-electron chi connectivity index (χ1n) is 6.39. The van der Waals surface area contributed by atoms with Crippen LogP contribution in [0.4, 0.5) is 5.69 Å². The molecular weight excluding hydrogens is 208 g/mol. The van der Waals surface area contributed by atoms with Crippen molar-refractivity contribution in [2.75, 3.05) is 18.5 Å². The topological polar surface area (TPSA) is 29.3 Å². The highest BCUT2D eigenvalue weighted by Gasteiger charge is 2.21. The van der Waals surface area contributed by atoms with Crippen LogP contribution in [-0.4, -0.2) is 19.1 Å². The van der Waals surface area contributed by atoms with Gasteiger partial charge in [-0.25, -0.2) is 0 Å². The molecule has 96 valence electrons. The fraction of sp³-hybridized carbons (Fsp3) is 0.600. The Morgan fingerprint density at radius 3 is 2.12 bits per heavy atom. The van der Waals surface area contributed by atoms with E-state index in [9.17, 15) is 0 Å². The maximum absolute atomic E-state index is 5.80. The maximum atomic E-state index is 5.80. The number of likely N-dealkylation sites (N-methyl/N-ethyl adjacent to an activating group) is 1. The van der Waals surface area contributed by atoms with E-state index in [1.165, 1.54) is 11.3 Å². The minimum absolute atomic E-state index is 0.000432. The van der Waals surface area contributed by atoms with Crippen molar-refractivity contribution in [3.05, 3.63) is 29.8 Å². The highest BCUT2D eigenvalue weighted by atomic mass is 15.2. The molecule has 1 aromatic rings. The van der Waals surface area contributed by atoms with Gasteiger partial charge < -0.3 is 10.6 Å². The number of rotatable bonds is 5. The van der Waals surface area contributed by atoms with Gasteiger partial charge in [0.2, 0.25) is 0 Å². The second kappa shape index (κ2) is 5.54. The first-order valence-corrected chi connectivity index (χ1v) is 6.39. The first kappa shape index (κ1) is 14.0. The van der Waals surface area contributed by atoms with E-state index in [1.807, 2.05) is 0 Å². The fourth-order valence-corrected chi connectivity index (χ4v) is 1.81.